The minimum atomic E-state index is -4.04. The Balaban J connectivity index is 2.22. The molecule has 108 valence electrons. The van der Waals surface area contributed by atoms with Crippen molar-refractivity contribution in [2.24, 2.45) is 0 Å². The van der Waals surface area contributed by atoms with Crippen molar-refractivity contribution in [1.29, 1.82) is 0 Å². The van der Waals surface area contributed by atoms with Crippen LogP contribution in [0.3, 0.4) is 0 Å². The molecule has 0 bridgehead atoms. The van der Waals surface area contributed by atoms with Crippen molar-refractivity contribution in [2.45, 2.75) is 4.90 Å². The van der Waals surface area contributed by atoms with Gasteiger partial charge in [0.25, 0.3) is 15.9 Å². The van der Waals surface area contributed by atoms with Crippen LogP contribution in [-0.2, 0) is 10.0 Å². The maximum atomic E-state index is 12.0. The minimum absolute atomic E-state index is 0.0386. The molecule has 6 nitrogen and oxygen atoms in total. The van der Waals surface area contributed by atoms with Crippen molar-refractivity contribution >= 4 is 21.9 Å². The van der Waals surface area contributed by atoms with Gasteiger partial charge in [0.1, 0.15) is 0 Å². The molecule has 1 amide bonds. The first-order valence-corrected chi connectivity index (χ1v) is 7.34. The van der Waals surface area contributed by atoms with Crippen LogP contribution in [0.1, 0.15) is 20.7 Å². The van der Waals surface area contributed by atoms with E-state index in [9.17, 15) is 18.0 Å². The van der Waals surface area contributed by atoms with Crippen molar-refractivity contribution in [3.05, 3.63) is 65.7 Å². The summed E-state index contributed by atoms with van der Waals surface area (Å²) in [7, 11) is -4.04. The second-order valence-corrected chi connectivity index (χ2v) is 5.81. The molecule has 0 saturated heterocycles. The second kappa shape index (κ2) is 5.76. The maximum Gasteiger partial charge on any atom is 0.335 e. The maximum absolute atomic E-state index is 12.0. The van der Waals surface area contributed by atoms with E-state index in [1.807, 2.05) is 4.72 Å². The summed E-state index contributed by atoms with van der Waals surface area (Å²) in [5.41, 5.74) is 0.173. The summed E-state index contributed by atoms with van der Waals surface area (Å²) in [4.78, 5) is 22.3. The molecule has 2 aromatic carbocycles. The summed E-state index contributed by atoms with van der Waals surface area (Å²) in [5, 5.41) is 8.75. The van der Waals surface area contributed by atoms with E-state index < -0.39 is 21.9 Å². The minimum Gasteiger partial charge on any atom is -0.478 e. The van der Waals surface area contributed by atoms with Crippen LogP contribution in [0.5, 0.6) is 0 Å². The second-order valence-electron chi connectivity index (χ2n) is 4.13. The van der Waals surface area contributed by atoms with E-state index in [0.717, 1.165) is 24.3 Å². The highest BCUT2D eigenvalue weighted by atomic mass is 32.2. The zero-order valence-electron chi connectivity index (χ0n) is 10.7. The molecule has 21 heavy (non-hydrogen) atoms. The fraction of sp³-hybridized carbons (Fsp3) is 0. The monoisotopic (exact) mass is 305 g/mol. The van der Waals surface area contributed by atoms with Crippen molar-refractivity contribution < 1.29 is 23.1 Å². The van der Waals surface area contributed by atoms with E-state index in [0.29, 0.717) is 0 Å². The molecule has 0 aliphatic carbocycles. The van der Waals surface area contributed by atoms with Crippen LogP contribution in [-0.4, -0.2) is 25.4 Å². The Labute approximate surface area is 121 Å². The number of hydrogen-bond acceptors (Lipinski definition) is 4. The molecule has 7 heteroatoms. The summed E-state index contributed by atoms with van der Waals surface area (Å²) < 4.78 is 26.0. The molecule has 2 rings (SSSR count). The zero-order chi connectivity index (χ0) is 15.5. The lowest BCUT2D eigenvalue weighted by atomic mass is 10.2. The van der Waals surface area contributed by atoms with Crippen molar-refractivity contribution in [3.8, 4) is 0 Å². The van der Waals surface area contributed by atoms with Crippen LogP contribution in [0.4, 0.5) is 0 Å². The quantitative estimate of drug-likeness (QED) is 0.891. The lowest BCUT2D eigenvalue weighted by Crippen LogP contribution is -2.30. The van der Waals surface area contributed by atoms with Gasteiger partial charge in [-0.25, -0.2) is 17.9 Å². The van der Waals surface area contributed by atoms with Gasteiger partial charge in [-0.15, -0.1) is 0 Å². The van der Waals surface area contributed by atoms with E-state index in [4.69, 9.17) is 5.11 Å². The number of sulfonamides is 1. The number of rotatable bonds is 4. The standard InChI is InChI=1S/C14H11NO5S/c16-13(10-4-2-1-3-5-10)15-21(19,20)12-8-6-11(7-9-12)14(17)18/h1-9H,(H,15,16)(H,17,18). The van der Waals surface area contributed by atoms with Gasteiger partial charge in [0, 0.05) is 5.56 Å². The van der Waals surface area contributed by atoms with Gasteiger partial charge in [-0.2, -0.15) is 0 Å². The number of nitrogens with one attached hydrogen (secondary N) is 1. The van der Waals surface area contributed by atoms with Gasteiger partial charge >= 0.3 is 5.97 Å². The highest BCUT2D eigenvalue weighted by molar-refractivity contribution is 7.90. The lowest BCUT2D eigenvalue weighted by Gasteiger charge is -2.07. The number of aromatic carboxylic acids is 1. The lowest BCUT2D eigenvalue weighted by molar-refractivity contribution is 0.0696. The number of benzene rings is 2. The Hall–Kier alpha value is -2.67. The highest BCUT2D eigenvalue weighted by Crippen LogP contribution is 2.11. The van der Waals surface area contributed by atoms with Gasteiger partial charge in [0.2, 0.25) is 0 Å². The van der Waals surface area contributed by atoms with Gasteiger partial charge in [-0.1, -0.05) is 18.2 Å². The molecule has 0 radical (unpaired) electrons. The number of carbonyl (C=O) groups excluding carboxylic acids is 1. The van der Waals surface area contributed by atoms with Crippen molar-refractivity contribution in [2.75, 3.05) is 0 Å². The zero-order valence-corrected chi connectivity index (χ0v) is 11.5. The first kappa shape index (κ1) is 14.7. The van der Waals surface area contributed by atoms with E-state index in [1.165, 1.54) is 12.1 Å². The summed E-state index contributed by atoms with van der Waals surface area (Å²) in [6.45, 7) is 0. The molecule has 0 spiro atoms. The van der Waals surface area contributed by atoms with Crippen LogP contribution in [0.2, 0.25) is 0 Å². The number of carboxylic acids is 1. The van der Waals surface area contributed by atoms with Gasteiger partial charge in [-0.05, 0) is 36.4 Å². The molecular weight excluding hydrogens is 294 g/mol. The predicted molar refractivity (Wildman–Crippen MR) is 74.5 cm³/mol. The molecule has 0 atom stereocenters. The third-order valence-electron chi connectivity index (χ3n) is 2.67. The van der Waals surface area contributed by atoms with Gasteiger partial charge < -0.3 is 5.11 Å². The summed E-state index contributed by atoms with van der Waals surface area (Å²) in [6, 6.07) is 12.5. The number of carbonyl (C=O) groups is 2. The van der Waals surface area contributed by atoms with E-state index >= 15 is 0 Å². The Morgan fingerprint density at radius 3 is 1.95 bits per heavy atom. The Morgan fingerprint density at radius 1 is 0.857 bits per heavy atom. The first-order valence-electron chi connectivity index (χ1n) is 5.86. The predicted octanol–water partition coefficient (Wildman–Crippen LogP) is 1.50. The smallest absolute Gasteiger partial charge is 0.335 e. The third-order valence-corrected chi connectivity index (χ3v) is 4.02. The molecule has 2 N–H and O–H groups in total. The van der Waals surface area contributed by atoms with Gasteiger partial charge in [0.15, 0.2) is 0 Å². The molecule has 0 heterocycles. The number of carboxylic acid groups (broad SMARTS) is 1. The first-order chi connectivity index (χ1) is 9.90. The van der Waals surface area contributed by atoms with Crippen molar-refractivity contribution in [1.82, 2.24) is 4.72 Å². The van der Waals surface area contributed by atoms with Crippen molar-refractivity contribution in [3.63, 3.8) is 0 Å². The molecule has 0 fully saturated rings. The van der Waals surface area contributed by atoms with Crippen LogP contribution < -0.4 is 4.72 Å². The Kier molecular flexibility index (Phi) is 4.04. The van der Waals surface area contributed by atoms with Crippen LogP contribution in [0.15, 0.2) is 59.5 Å². The van der Waals surface area contributed by atoms with Crippen LogP contribution in [0, 0.1) is 0 Å². The SMILES string of the molecule is O=C(O)c1ccc(S(=O)(=O)NC(=O)c2ccccc2)cc1. The van der Waals surface area contributed by atoms with Crippen LogP contribution in [0.25, 0.3) is 0 Å². The van der Waals surface area contributed by atoms with Gasteiger partial charge in [0.05, 0.1) is 10.5 Å². The summed E-state index contributed by atoms with van der Waals surface area (Å²) in [5.74, 6) is -1.91. The average Bonchev–Trinajstić information content (AvgIpc) is 2.48. The Bertz CT molecular complexity index is 767. The molecule has 0 unspecified atom stereocenters. The van der Waals surface area contributed by atoms with Gasteiger partial charge in [-0.3, -0.25) is 4.79 Å². The fourth-order valence-electron chi connectivity index (χ4n) is 1.61. The number of hydrogen-bond donors (Lipinski definition) is 2. The molecule has 0 aromatic heterocycles. The van der Waals surface area contributed by atoms with E-state index in [1.54, 1.807) is 18.2 Å². The van der Waals surface area contributed by atoms with E-state index in [-0.39, 0.29) is 16.0 Å². The largest absolute Gasteiger partial charge is 0.478 e. The Morgan fingerprint density at radius 2 is 1.43 bits per heavy atom. The molecule has 0 saturated carbocycles. The fourth-order valence-corrected chi connectivity index (χ4v) is 2.58. The molecule has 0 aliphatic heterocycles. The number of amides is 1. The molecule has 2 aromatic rings. The van der Waals surface area contributed by atoms with E-state index in [2.05, 4.69) is 0 Å². The molecule has 0 aliphatic rings. The third kappa shape index (κ3) is 3.46. The topological polar surface area (TPSA) is 101 Å². The normalized spacial score (nSPS) is 10.9. The van der Waals surface area contributed by atoms with Crippen LogP contribution >= 0.6 is 0 Å². The average molecular weight is 305 g/mol. The molecular formula is C14H11NO5S. The summed E-state index contributed by atoms with van der Waals surface area (Å²) in [6.07, 6.45) is 0. The summed E-state index contributed by atoms with van der Waals surface area (Å²) >= 11 is 0. The highest BCUT2D eigenvalue weighted by Gasteiger charge is 2.18.